The van der Waals surface area contributed by atoms with Crippen LogP contribution >= 0.6 is 11.6 Å². The third-order valence-electron chi connectivity index (χ3n) is 3.45. The minimum Gasteiger partial charge on any atom is -0.329 e. The number of fused-ring (bicyclic) bond motifs is 1. The zero-order valence-electron chi connectivity index (χ0n) is 12.1. The number of pyridine rings is 1. The summed E-state index contributed by atoms with van der Waals surface area (Å²) in [6, 6.07) is 11.1. The van der Waals surface area contributed by atoms with Gasteiger partial charge in [0.25, 0.3) is 15.6 Å². The normalized spacial score (nSPS) is 11.6. The maximum atomic E-state index is 12.5. The first-order valence-electron chi connectivity index (χ1n) is 6.77. The molecule has 3 rings (SSSR count). The maximum absolute atomic E-state index is 12.5. The van der Waals surface area contributed by atoms with E-state index in [1.54, 1.807) is 37.4 Å². The topological polar surface area (TPSA) is 79.0 Å². The predicted molar refractivity (Wildman–Crippen MR) is 91.6 cm³/mol. The van der Waals surface area contributed by atoms with E-state index in [1.807, 2.05) is 0 Å². The third kappa shape index (κ3) is 3.09. The average molecular weight is 349 g/mol. The van der Waals surface area contributed by atoms with Gasteiger partial charge >= 0.3 is 0 Å². The second kappa shape index (κ2) is 5.72. The lowest BCUT2D eigenvalue weighted by Gasteiger charge is -2.11. The lowest BCUT2D eigenvalue weighted by Crippen LogP contribution is -2.14. The summed E-state index contributed by atoms with van der Waals surface area (Å²) in [5.41, 5.74) is 0.596. The summed E-state index contributed by atoms with van der Waals surface area (Å²) in [6.45, 7) is 1.67. The fourth-order valence-corrected chi connectivity index (χ4v) is 3.87. The Hall–Kier alpha value is -2.31. The van der Waals surface area contributed by atoms with Crippen LogP contribution in [0.5, 0.6) is 0 Å². The quantitative estimate of drug-likeness (QED) is 0.762. The first-order chi connectivity index (χ1) is 10.9. The molecular weight excluding hydrogens is 336 g/mol. The van der Waals surface area contributed by atoms with Gasteiger partial charge in [-0.3, -0.25) is 9.52 Å². The zero-order valence-corrected chi connectivity index (χ0v) is 13.7. The molecule has 0 unspecified atom stereocenters. The molecule has 0 aliphatic rings. The summed E-state index contributed by atoms with van der Waals surface area (Å²) in [6.07, 6.45) is 1.55. The number of hydrogen-bond acceptors (Lipinski definition) is 3. The smallest absolute Gasteiger partial charge is 0.262 e. The van der Waals surface area contributed by atoms with Crippen LogP contribution < -0.4 is 10.3 Å². The van der Waals surface area contributed by atoms with Gasteiger partial charge in [0, 0.05) is 22.3 Å². The fraction of sp³-hybridized carbons (Fsp3) is 0.0625. The van der Waals surface area contributed by atoms with Crippen molar-refractivity contribution < 1.29 is 8.42 Å². The minimum atomic E-state index is -3.76. The van der Waals surface area contributed by atoms with E-state index in [0.717, 1.165) is 5.39 Å². The number of H-pyrrole nitrogens is 1. The van der Waals surface area contributed by atoms with Crippen molar-refractivity contribution in [3.8, 4) is 0 Å². The highest BCUT2D eigenvalue weighted by molar-refractivity contribution is 7.92. The number of hydrogen-bond donors (Lipinski definition) is 2. The van der Waals surface area contributed by atoms with Crippen LogP contribution in [0, 0.1) is 6.92 Å². The van der Waals surface area contributed by atoms with Gasteiger partial charge in [0.05, 0.1) is 4.90 Å². The molecule has 0 aliphatic carbocycles. The summed E-state index contributed by atoms with van der Waals surface area (Å²) in [7, 11) is -3.76. The Balaban J connectivity index is 2.03. The molecule has 0 amide bonds. The molecule has 5 nitrogen and oxygen atoms in total. The van der Waals surface area contributed by atoms with E-state index in [1.165, 1.54) is 18.2 Å². The van der Waals surface area contributed by atoms with E-state index in [0.29, 0.717) is 21.7 Å². The molecule has 0 saturated carbocycles. The molecule has 0 bridgehead atoms. The number of anilines is 1. The molecule has 2 aromatic carbocycles. The number of aryl methyl sites for hydroxylation is 1. The van der Waals surface area contributed by atoms with E-state index < -0.39 is 10.0 Å². The lowest BCUT2D eigenvalue weighted by atomic mass is 10.1. The van der Waals surface area contributed by atoms with Gasteiger partial charge in [-0.25, -0.2) is 8.42 Å². The van der Waals surface area contributed by atoms with Crippen molar-refractivity contribution in [3.05, 3.63) is 69.6 Å². The summed E-state index contributed by atoms with van der Waals surface area (Å²) in [5, 5.41) is 1.62. The Bertz CT molecular complexity index is 1060. The minimum absolute atomic E-state index is 0.143. The van der Waals surface area contributed by atoms with Crippen LogP contribution in [-0.2, 0) is 10.0 Å². The first-order valence-corrected chi connectivity index (χ1v) is 8.63. The number of sulfonamides is 1. The number of aromatic nitrogens is 1. The number of aromatic amines is 1. The van der Waals surface area contributed by atoms with Crippen LogP contribution in [0.25, 0.3) is 10.8 Å². The molecule has 2 N–H and O–H groups in total. The molecule has 23 heavy (non-hydrogen) atoms. The van der Waals surface area contributed by atoms with Crippen LogP contribution in [0.2, 0.25) is 5.02 Å². The van der Waals surface area contributed by atoms with Gasteiger partial charge < -0.3 is 4.98 Å². The van der Waals surface area contributed by atoms with Crippen molar-refractivity contribution in [1.29, 1.82) is 0 Å². The monoisotopic (exact) mass is 348 g/mol. The third-order valence-corrected chi connectivity index (χ3v) is 5.23. The van der Waals surface area contributed by atoms with Crippen LogP contribution in [-0.4, -0.2) is 13.4 Å². The molecule has 1 heterocycles. The van der Waals surface area contributed by atoms with E-state index in [4.69, 9.17) is 11.6 Å². The Morgan fingerprint density at radius 2 is 1.87 bits per heavy atom. The summed E-state index contributed by atoms with van der Waals surface area (Å²) < 4.78 is 27.5. The Morgan fingerprint density at radius 3 is 2.61 bits per heavy atom. The van der Waals surface area contributed by atoms with Crippen molar-refractivity contribution >= 4 is 38.1 Å². The number of halogens is 1. The second-order valence-electron chi connectivity index (χ2n) is 5.12. The van der Waals surface area contributed by atoms with Gasteiger partial charge in [0.15, 0.2) is 0 Å². The van der Waals surface area contributed by atoms with Crippen molar-refractivity contribution in [2.75, 3.05) is 4.72 Å². The Labute approximate surface area is 138 Å². The highest BCUT2D eigenvalue weighted by Crippen LogP contribution is 2.23. The van der Waals surface area contributed by atoms with E-state index >= 15 is 0 Å². The molecule has 0 saturated heterocycles. The van der Waals surface area contributed by atoms with Crippen molar-refractivity contribution in [2.45, 2.75) is 11.8 Å². The molecule has 0 fully saturated rings. The van der Waals surface area contributed by atoms with E-state index in [-0.39, 0.29) is 10.5 Å². The standard InChI is InChI=1S/C16H13ClN2O3S/c1-10-8-12(17)3-5-15(10)23(21,22)19-13-4-2-11-6-7-18-16(20)14(11)9-13/h2-9,19H,1H3,(H,18,20). The Kier molecular flexibility index (Phi) is 3.87. The Morgan fingerprint density at radius 1 is 1.09 bits per heavy atom. The van der Waals surface area contributed by atoms with Crippen LogP contribution in [0.1, 0.15) is 5.56 Å². The van der Waals surface area contributed by atoms with Gasteiger partial charge in [-0.15, -0.1) is 0 Å². The van der Waals surface area contributed by atoms with Gasteiger partial charge in [0.1, 0.15) is 0 Å². The van der Waals surface area contributed by atoms with Gasteiger partial charge in [-0.1, -0.05) is 17.7 Å². The molecule has 3 aromatic rings. The van der Waals surface area contributed by atoms with Crippen molar-refractivity contribution in [2.24, 2.45) is 0 Å². The molecular formula is C16H13ClN2O3S. The zero-order chi connectivity index (χ0) is 16.6. The van der Waals surface area contributed by atoms with Crippen LogP contribution in [0.4, 0.5) is 5.69 Å². The van der Waals surface area contributed by atoms with Gasteiger partial charge in [0.2, 0.25) is 0 Å². The average Bonchev–Trinajstić information content (AvgIpc) is 2.47. The highest BCUT2D eigenvalue weighted by atomic mass is 35.5. The largest absolute Gasteiger partial charge is 0.329 e. The fourth-order valence-electron chi connectivity index (χ4n) is 2.37. The van der Waals surface area contributed by atoms with Gasteiger partial charge in [-0.2, -0.15) is 0 Å². The number of rotatable bonds is 3. The summed E-state index contributed by atoms with van der Waals surface area (Å²) in [5.74, 6) is 0. The molecule has 1 aromatic heterocycles. The van der Waals surface area contributed by atoms with Crippen molar-refractivity contribution in [3.63, 3.8) is 0 Å². The maximum Gasteiger partial charge on any atom is 0.262 e. The highest BCUT2D eigenvalue weighted by Gasteiger charge is 2.17. The lowest BCUT2D eigenvalue weighted by molar-refractivity contribution is 0.600. The van der Waals surface area contributed by atoms with Crippen LogP contribution in [0.3, 0.4) is 0 Å². The molecule has 0 aliphatic heterocycles. The molecule has 0 spiro atoms. The molecule has 118 valence electrons. The molecule has 0 atom stereocenters. The second-order valence-corrected chi connectivity index (χ2v) is 7.21. The summed E-state index contributed by atoms with van der Waals surface area (Å²) >= 11 is 5.86. The molecule has 7 heteroatoms. The molecule has 0 radical (unpaired) electrons. The van der Waals surface area contributed by atoms with Crippen LogP contribution in [0.15, 0.2) is 58.4 Å². The summed E-state index contributed by atoms with van der Waals surface area (Å²) in [4.78, 5) is 14.5. The SMILES string of the molecule is Cc1cc(Cl)ccc1S(=O)(=O)Nc1ccc2cc[nH]c(=O)c2c1. The predicted octanol–water partition coefficient (Wildman–Crippen LogP) is 3.29. The van der Waals surface area contributed by atoms with E-state index in [2.05, 4.69) is 9.71 Å². The number of benzene rings is 2. The van der Waals surface area contributed by atoms with Gasteiger partial charge in [-0.05, 0) is 54.3 Å². The number of nitrogens with one attached hydrogen (secondary N) is 2. The van der Waals surface area contributed by atoms with Crippen molar-refractivity contribution in [1.82, 2.24) is 4.98 Å². The first kappa shape index (κ1) is 15.6. The van der Waals surface area contributed by atoms with E-state index in [9.17, 15) is 13.2 Å².